The van der Waals surface area contributed by atoms with Crippen molar-refractivity contribution in [3.8, 4) is 11.8 Å². The first-order chi connectivity index (χ1) is 14.4. The van der Waals surface area contributed by atoms with Gasteiger partial charge in [0.1, 0.15) is 5.75 Å². The van der Waals surface area contributed by atoms with Crippen LogP contribution in [0.25, 0.3) is 11.6 Å². The number of rotatable bonds is 6. The second-order valence-corrected chi connectivity index (χ2v) is 7.47. The predicted molar refractivity (Wildman–Crippen MR) is 122 cm³/mol. The molecule has 1 amide bonds. The number of hydrogen-bond donors (Lipinski definition) is 1. The Morgan fingerprint density at radius 3 is 2.47 bits per heavy atom. The number of nitrogens with zero attached hydrogens (tertiary/aromatic N) is 1. The SMILES string of the molecule is N#CC(=Cc1cccc(OCC(=O)Nc2ccc(Cl)c(Cl)c2)c1)c1ccc(Cl)cc1. The van der Waals surface area contributed by atoms with Gasteiger partial charge in [-0.2, -0.15) is 5.26 Å². The molecule has 0 saturated heterocycles. The average Bonchev–Trinajstić information content (AvgIpc) is 2.74. The summed E-state index contributed by atoms with van der Waals surface area (Å²) in [6.07, 6.45) is 1.74. The third-order valence-corrected chi connectivity index (χ3v) is 5.01. The molecule has 1 N–H and O–H groups in total. The molecule has 0 radical (unpaired) electrons. The first kappa shape index (κ1) is 21.7. The van der Waals surface area contributed by atoms with Gasteiger partial charge in [-0.05, 0) is 59.7 Å². The van der Waals surface area contributed by atoms with Crippen molar-refractivity contribution in [2.24, 2.45) is 0 Å². The van der Waals surface area contributed by atoms with Gasteiger partial charge >= 0.3 is 0 Å². The summed E-state index contributed by atoms with van der Waals surface area (Å²) >= 11 is 17.7. The van der Waals surface area contributed by atoms with Gasteiger partial charge in [-0.3, -0.25) is 4.79 Å². The molecule has 0 atom stereocenters. The van der Waals surface area contributed by atoms with Crippen molar-refractivity contribution < 1.29 is 9.53 Å². The number of allylic oxidation sites excluding steroid dienone is 1. The van der Waals surface area contributed by atoms with Crippen LogP contribution in [0.3, 0.4) is 0 Å². The van der Waals surface area contributed by atoms with Crippen LogP contribution in [0.15, 0.2) is 66.7 Å². The predicted octanol–water partition coefficient (Wildman–Crippen LogP) is 6.73. The minimum Gasteiger partial charge on any atom is -0.484 e. The van der Waals surface area contributed by atoms with Crippen molar-refractivity contribution >= 4 is 58.0 Å². The summed E-state index contributed by atoms with van der Waals surface area (Å²) < 4.78 is 5.57. The van der Waals surface area contributed by atoms with Gasteiger partial charge in [0.25, 0.3) is 5.91 Å². The molecule has 0 aliphatic heterocycles. The zero-order valence-corrected chi connectivity index (χ0v) is 17.8. The maximum absolute atomic E-state index is 12.1. The third kappa shape index (κ3) is 6.01. The fraction of sp³-hybridized carbons (Fsp3) is 0.0435. The zero-order valence-electron chi connectivity index (χ0n) is 15.5. The highest BCUT2D eigenvalue weighted by molar-refractivity contribution is 6.42. The van der Waals surface area contributed by atoms with Crippen LogP contribution < -0.4 is 10.1 Å². The maximum atomic E-state index is 12.1. The number of halogens is 3. The van der Waals surface area contributed by atoms with Gasteiger partial charge in [0.15, 0.2) is 6.61 Å². The maximum Gasteiger partial charge on any atom is 0.262 e. The van der Waals surface area contributed by atoms with Crippen LogP contribution in [0.5, 0.6) is 5.75 Å². The Balaban J connectivity index is 1.66. The Labute approximate surface area is 189 Å². The van der Waals surface area contributed by atoms with Crippen molar-refractivity contribution in [1.82, 2.24) is 0 Å². The molecule has 0 bridgehead atoms. The summed E-state index contributed by atoms with van der Waals surface area (Å²) in [6, 6.07) is 21.1. The van der Waals surface area contributed by atoms with E-state index in [1.54, 1.807) is 66.7 Å². The summed E-state index contributed by atoms with van der Waals surface area (Å²) in [5.41, 5.74) is 2.54. The molecule has 7 heteroatoms. The van der Waals surface area contributed by atoms with Crippen LogP contribution in [0, 0.1) is 11.3 Å². The first-order valence-corrected chi connectivity index (χ1v) is 9.93. The van der Waals surface area contributed by atoms with Crippen LogP contribution >= 0.6 is 34.8 Å². The lowest BCUT2D eigenvalue weighted by molar-refractivity contribution is -0.118. The van der Waals surface area contributed by atoms with Crippen molar-refractivity contribution in [3.63, 3.8) is 0 Å². The average molecular weight is 458 g/mol. The standard InChI is InChI=1S/C23H15Cl3N2O2/c24-18-6-4-16(5-7-18)17(13-27)10-15-2-1-3-20(11-15)30-14-23(29)28-19-8-9-21(25)22(26)12-19/h1-12H,14H2,(H,28,29). The molecule has 0 saturated carbocycles. The molecule has 0 fully saturated rings. The number of ether oxygens (including phenoxy) is 1. The third-order valence-electron chi connectivity index (χ3n) is 4.02. The van der Waals surface area contributed by atoms with Gasteiger partial charge in [0, 0.05) is 10.7 Å². The number of benzene rings is 3. The normalized spacial score (nSPS) is 10.9. The number of hydrogen-bond acceptors (Lipinski definition) is 3. The van der Waals surface area contributed by atoms with E-state index >= 15 is 0 Å². The molecule has 4 nitrogen and oxygen atoms in total. The quantitative estimate of drug-likeness (QED) is 0.330. The highest BCUT2D eigenvalue weighted by Crippen LogP contribution is 2.25. The number of nitrogens with one attached hydrogen (secondary N) is 1. The highest BCUT2D eigenvalue weighted by atomic mass is 35.5. The van der Waals surface area contributed by atoms with Crippen LogP contribution in [0.4, 0.5) is 5.69 Å². The van der Waals surface area contributed by atoms with E-state index in [-0.39, 0.29) is 12.5 Å². The van der Waals surface area contributed by atoms with E-state index in [9.17, 15) is 10.1 Å². The Kier molecular flexibility index (Phi) is 7.37. The van der Waals surface area contributed by atoms with E-state index in [4.69, 9.17) is 39.5 Å². The zero-order chi connectivity index (χ0) is 21.5. The monoisotopic (exact) mass is 456 g/mol. The smallest absolute Gasteiger partial charge is 0.262 e. The molecule has 0 unspecified atom stereocenters. The first-order valence-electron chi connectivity index (χ1n) is 8.80. The molecular weight excluding hydrogens is 443 g/mol. The van der Waals surface area contributed by atoms with Gasteiger partial charge in [0.05, 0.1) is 21.7 Å². The van der Waals surface area contributed by atoms with Gasteiger partial charge in [-0.15, -0.1) is 0 Å². The topological polar surface area (TPSA) is 62.1 Å². The minimum absolute atomic E-state index is 0.185. The molecule has 3 rings (SSSR count). The van der Waals surface area contributed by atoms with Crippen molar-refractivity contribution in [2.75, 3.05) is 11.9 Å². The summed E-state index contributed by atoms with van der Waals surface area (Å²) in [5, 5.41) is 13.5. The minimum atomic E-state index is -0.340. The molecule has 3 aromatic carbocycles. The van der Waals surface area contributed by atoms with Gasteiger partial charge in [0.2, 0.25) is 0 Å². The largest absolute Gasteiger partial charge is 0.484 e. The van der Waals surface area contributed by atoms with E-state index in [1.807, 2.05) is 6.07 Å². The molecule has 0 aliphatic carbocycles. The lowest BCUT2D eigenvalue weighted by Crippen LogP contribution is -2.20. The van der Waals surface area contributed by atoms with Crippen LogP contribution in [0.2, 0.25) is 15.1 Å². The van der Waals surface area contributed by atoms with Crippen molar-refractivity contribution in [1.29, 1.82) is 5.26 Å². The van der Waals surface area contributed by atoms with E-state index in [0.29, 0.717) is 32.1 Å². The van der Waals surface area contributed by atoms with Gasteiger partial charge < -0.3 is 10.1 Å². The number of anilines is 1. The lowest BCUT2D eigenvalue weighted by atomic mass is 10.0. The van der Waals surface area contributed by atoms with Gasteiger partial charge in [-0.1, -0.05) is 59.1 Å². The van der Waals surface area contributed by atoms with Crippen LogP contribution in [-0.2, 0) is 4.79 Å². The van der Waals surface area contributed by atoms with E-state index < -0.39 is 0 Å². The number of nitriles is 1. The Bertz CT molecular complexity index is 1140. The Morgan fingerprint density at radius 1 is 1.00 bits per heavy atom. The van der Waals surface area contributed by atoms with E-state index in [0.717, 1.165) is 11.1 Å². The molecule has 0 aliphatic rings. The fourth-order valence-electron chi connectivity index (χ4n) is 2.59. The van der Waals surface area contributed by atoms with E-state index in [2.05, 4.69) is 11.4 Å². The molecule has 0 aromatic heterocycles. The number of carbonyl (C=O) groups excluding carboxylic acids is 1. The van der Waals surface area contributed by atoms with Crippen molar-refractivity contribution in [3.05, 3.63) is 92.9 Å². The fourth-order valence-corrected chi connectivity index (χ4v) is 3.01. The summed E-state index contributed by atoms with van der Waals surface area (Å²) in [4.78, 5) is 12.1. The second-order valence-electron chi connectivity index (χ2n) is 6.21. The summed E-state index contributed by atoms with van der Waals surface area (Å²) in [6.45, 7) is -0.185. The molecule has 0 spiro atoms. The molecule has 0 heterocycles. The molecule has 30 heavy (non-hydrogen) atoms. The highest BCUT2D eigenvalue weighted by Gasteiger charge is 2.07. The molecule has 3 aromatic rings. The van der Waals surface area contributed by atoms with Crippen LogP contribution in [0.1, 0.15) is 11.1 Å². The summed E-state index contributed by atoms with van der Waals surface area (Å²) in [7, 11) is 0. The molecule has 150 valence electrons. The Morgan fingerprint density at radius 2 is 1.77 bits per heavy atom. The number of amides is 1. The van der Waals surface area contributed by atoms with Crippen LogP contribution in [-0.4, -0.2) is 12.5 Å². The van der Waals surface area contributed by atoms with E-state index in [1.165, 1.54) is 0 Å². The Hall–Kier alpha value is -2.97. The lowest BCUT2D eigenvalue weighted by Gasteiger charge is -2.09. The van der Waals surface area contributed by atoms with Crippen molar-refractivity contribution in [2.45, 2.75) is 0 Å². The summed E-state index contributed by atoms with van der Waals surface area (Å²) in [5.74, 6) is 0.162. The molecular formula is C23H15Cl3N2O2. The van der Waals surface area contributed by atoms with Gasteiger partial charge in [-0.25, -0.2) is 0 Å². The second kappa shape index (κ2) is 10.2. The number of carbonyl (C=O) groups is 1.